The van der Waals surface area contributed by atoms with Gasteiger partial charge in [0.2, 0.25) is 5.91 Å². The highest BCUT2D eigenvalue weighted by Crippen LogP contribution is 2.43. The maximum atomic E-state index is 14.0. The monoisotopic (exact) mass is 833 g/mol. The van der Waals surface area contributed by atoms with Gasteiger partial charge in [-0.2, -0.15) is 0 Å². The minimum Gasteiger partial charge on any atom is -0.457 e. The molecule has 8 rings (SSSR count). The van der Waals surface area contributed by atoms with Crippen LogP contribution in [0.15, 0.2) is 122 Å². The van der Waals surface area contributed by atoms with E-state index in [1.807, 2.05) is 164 Å². The van der Waals surface area contributed by atoms with Crippen LogP contribution in [-0.4, -0.2) is 81.1 Å². The molecule has 2 aliphatic rings. The Morgan fingerprint density at radius 1 is 0.661 bits per heavy atom. The van der Waals surface area contributed by atoms with Crippen molar-refractivity contribution < 1.29 is 14.3 Å². The predicted molar refractivity (Wildman–Crippen MR) is 237 cm³/mol. The normalized spacial score (nSPS) is 18.6. The third kappa shape index (κ3) is 9.31. The molecule has 0 bridgehead atoms. The molecule has 3 heterocycles. The minimum atomic E-state index is -0.352. The van der Waals surface area contributed by atoms with Crippen molar-refractivity contribution in [3.63, 3.8) is 0 Å². The van der Waals surface area contributed by atoms with Crippen molar-refractivity contribution in [3.8, 4) is 34.0 Å². The number of ether oxygens (including phenoxy) is 1. The number of aromatic amines is 2. The summed E-state index contributed by atoms with van der Waals surface area (Å²) >= 11 is 0. The number of amides is 1. The van der Waals surface area contributed by atoms with Crippen molar-refractivity contribution in [2.45, 2.75) is 56.1 Å². The van der Waals surface area contributed by atoms with Gasteiger partial charge in [0.05, 0.1) is 35.9 Å². The number of H-pyrrole nitrogens is 2. The fourth-order valence-corrected chi connectivity index (χ4v) is 8.84. The molecule has 5 atom stereocenters. The number of likely N-dealkylation sites (tertiary alicyclic amines) is 1. The third-order valence-electron chi connectivity index (χ3n) is 11.6. The van der Waals surface area contributed by atoms with Gasteiger partial charge in [-0.3, -0.25) is 19.4 Å². The number of Topliss-reactive ketones (excluding diaryl/α,β-unsaturated/α-hetero) is 1. The minimum absolute atomic E-state index is 0. The van der Waals surface area contributed by atoms with E-state index in [1.54, 1.807) is 0 Å². The number of ketones is 1. The number of likely N-dealkylation sites (N-methyl/N-ethyl adjacent to an activating group) is 2. The SMILES string of the molecule is CN(C)[C@H](C(=O)N1CCC[C@@H]1c1ncc(-c2ccc(Oc3cccc(-c4cnc([C@H]5CCCC5C(=O)[C@@H](c5ccccc5)N(C)C)[nH]4)c3)cc2)[nH]1)c1ccccc1.Cl.Cl. The Morgan fingerprint density at radius 2 is 1.27 bits per heavy atom. The third-order valence-corrected chi connectivity index (χ3v) is 11.6. The van der Waals surface area contributed by atoms with E-state index < -0.39 is 0 Å². The van der Waals surface area contributed by atoms with Crippen molar-refractivity contribution >= 4 is 36.5 Å². The van der Waals surface area contributed by atoms with Crippen LogP contribution in [0.25, 0.3) is 22.5 Å². The van der Waals surface area contributed by atoms with Crippen molar-refractivity contribution in [1.82, 2.24) is 34.6 Å². The van der Waals surface area contributed by atoms with Crippen LogP contribution in [0.4, 0.5) is 0 Å². The van der Waals surface area contributed by atoms with Gasteiger partial charge in [-0.15, -0.1) is 24.8 Å². The summed E-state index contributed by atoms with van der Waals surface area (Å²) in [7, 11) is 7.86. The van der Waals surface area contributed by atoms with Gasteiger partial charge in [0, 0.05) is 23.9 Å². The Labute approximate surface area is 359 Å². The Bertz CT molecular complexity index is 2300. The average molecular weight is 835 g/mol. The molecule has 308 valence electrons. The quantitative estimate of drug-likeness (QED) is 0.119. The zero-order chi connectivity index (χ0) is 39.5. The highest BCUT2D eigenvalue weighted by atomic mass is 35.5. The lowest BCUT2D eigenvalue weighted by Gasteiger charge is -2.31. The van der Waals surface area contributed by atoms with Gasteiger partial charge in [-0.25, -0.2) is 9.97 Å². The first-order valence-electron chi connectivity index (χ1n) is 20.0. The fraction of sp³-hybridized carbons (Fsp3) is 0.319. The fourth-order valence-electron chi connectivity index (χ4n) is 8.84. The number of imidazole rings is 2. The van der Waals surface area contributed by atoms with Gasteiger partial charge in [-0.1, -0.05) is 79.2 Å². The van der Waals surface area contributed by atoms with E-state index in [4.69, 9.17) is 14.7 Å². The molecule has 12 heteroatoms. The van der Waals surface area contributed by atoms with Gasteiger partial charge in [-0.05, 0) is 107 Å². The summed E-state index contributed by atoms with van der Waals surface area (Å²) in [6.07, 6.45) is 8.32. The van der Waals surface area contributed by atoms with Gasteiger partial charge < -0.3 is 19.6 Å². The van der Waals surface area contributed by atoms with Crippen LogP contribution in [-0.2, 0) is 9.59 Å². The first-order chi connectivity index (χ1) is 27.7. The smallest absolute Gasteiger partial charge is 0.245 e. The van der Waals surface area contributed by atoms with E-state index in [1.165, 1.54) is 0 Å². The van der Waals surface area contributed by atoms with E-state index in [0.29, 0.717) is 18.0 Å². The summed E-state index contributed by atoms with van der Waals surface area (Å²) in [5.41, 5.74) is 5.75. The molecule has 2 aromatic heterocycles. The van der Waals surface area contributed by atoms with Crippen LogP contribution in [0, 0.1) is 5.92 Å². The Balaban J connectivity index is 0.00000293. The predicted octanol–water partition coefficient (Wildman–Crippen LogP) is 9.82. The number of benzene rings is 4. The number of hydrogen-bond acceptors (Lipinski definition) is 7. The highest BCUT2D eigenvalue weighted by Gasteiger charge is 2.40. The second-order valence-electron chi connectivity index (χ2n) is 15.8. The molecule has 0 spiro atoms. The lowest BCUT2D eigenvalue weighted by atomic mass is 9.85. The molecule has 2 N–H and O–H groups in total. The number of rotatable bonds is 13. The van der Waals surface area contributed by atoms with Crippen LogP contribution < -0.4 is 4.74 Å². The van der Waals surface area contributed by atoms with Gasteiger partial charge in [0.15, 0.2) is 5.78 Å². The van der Waals surface area contributed by atoms with Crippen LogP contribution in [0.2, 0.25) is 0 Å². The summed E-state index contributed by atoms with van der Waals surface area (Å²) in [6, 6.07) is 35.2. The van der Waals surface area contributed by atoms with Gasteiger partial charge in [0.1, 0.15) is 29.2 Å². The largest absolute Gasteiger partial charge is 0.457 e. The zero-order valence-electron chi connectivity index (χ0n) is 34.0. The molecule has 1 saturated heterocycles. The van der Waals surface area contributed by atoms with Crippen molar-refractivity contribution in [2.75, 3.05) is 34.7 Å². The highest BCUT2D eigenvalue weighted by molar-refractivity contribution is 5.88. The molecule has 2 fully saturated rings. The molecule has 0 radical (unpaired) electrons. The maximum absolute atomic E-state index is 14.0. The molecule has 6 aromatic rings. The Hall–Kier alpha value is -5.26. The van der Waals surface area contributed by atoms with E-state index in [-0.39, 0.29) is 66.5 Å². The van der Waals surface area contributed by atoms with E-state index in [2.05, 4.69) is 9.97 Å². The lowest BCUT2D eigenvalue weighted by molar-refractivity contribution is -0.137. The molecule has 1 aliphatic carbocycles. The maximum Gasteiger partial charge on any atom is 0.245 e. The number of carbonyl (C=O) groups excluding carboxylic acids is 2. The molecule has 59 heavy (non-hydrogen) atoms. The number of hydrogen-bond donors (Lipinski definition) is 2. The second-order valence-corrected chi connectivity index (χ2v) is 15.8. The number of nitrogens with one attached hydrogen (secondary N) is 2. The molecule has 1 amide bonds. The van der Waals surface area contributed by atoms with Crippen LogP contribution >= 0.6 is 24.8 Å². The van der Waals surface area contributed by atoms with E-state index in [9.17, 15) is 9.59 Å². The molecule has 10 nitrogen and oxygen atoms in total. The van der Waals surface area contributed by atoms with Gasteiger partial charge >= 0.3 is 0 Å². The lowest BCUT2D eigenvalue weighted by Crippen LogP contribution is -2.40. The Morgan fingerprint density at radius 3 is 1.93 bits per heavy atom. The van der Waals surface area contributed by atoms with Crippen molar-refractivity contribution in [2.24, 2.45) is 5.92 Å². The number of aromatic nitrogens is 4. The molecular formula is C47H53Cl2N7O3. The summed E-state index contributed by atoms with van der Waals surface area (Å²) in [4.78, 5) is 50.6. The van der Waals surface area contributed by atoms with Crippen LogP contribution in [0.1, 0.15) is 78.9 Å². The van der Waals surface area contributed by atoms with Gasteiger partial charge in [0.25, 0.3) is 0 Å². The molecular weight excluding hydrogens is 781 g/mol. The zero-order valence-corrected chi connectivity index (χ0v) is 35.6. The van der Waals surface area contributed by atoms with E-state index in [0.717, 1.165) is 77.4 Å². The summed E-state index contributed by atoms with van der Waals surface area (Å²) < 4.78 is 6.32. The first kappa shape index (κ1) is 43.3. The first-order valence-corrected chi connectivity index (χ1v) is 20.0. The number of nitrogens with zero attached hydrogens (tertiary/aromatic N) is 5. The summed E-state index contributed by atoms with van der Waals surface area (Å²) in [5, 5.41) is 0. The van der Waals surface area contributed by atoms with E-state index >= 15 is 0 Å². The topological polar surface area (TPSA) is 110 Å². The molecule has 1 unspecified atom stereocenters. The average Bonchev–Trinajstić information content (AvgIpc) is 4.06. The van der Waals surface area contributed by atoms with Crippen molar-refractivity contribution in [3.05, 3.63) is 144 Å². The standard InChI is InChI=1S/C47H51N7O3.2ClH/c1-52(2)42(32-14-7-5-8-15-32)44(55)37-20-12-21-38(37)45-48-30-40(50-45)34-18-11-19-36(28-34)57-35-25-23-31(24-26-35)39-29-49-46(51-39)41-22-13-27-54(41)47(56)43(53(3)4)33-16-9-6-10-17-33;;/h5-11,14-19,23-26,28-30,37-38,41-43H,12-13,20-22,27H2,1-4H3,(H,48,50)(H,49,51);2*1H/t37?,38-,41+,42+,43-;;/m0../s1. The number of halogens is 2. The summed E-state index contributed by atoms with van der Waals surface area (Å²) in [6.45, 7) is 0.708. The Kier molecular flexibility index (Phi) is 14.1. The van der Waals surface area contributed by atoms with Crippen LogP contribution in [0.5, 0.6) is 11.5 Å². The number of carbonyl (C=O) groups is 2. The summed E-state index contributed by atoms with van der Waals surface area (Å²) in [5.74, 6) is 3.41. The molecule has 1 saturated carbocycles. The molecule has 4 aromatic carbocycles. The second kappa shape index (κ2) is 19.2. The van der Waals surface area contributed by atoms with Crippen molar-refractivity contribution in [1.29, 1.82) is 0 Å². The van der Waals surface area contributed by atoms with Crippen LogP contribution in [0.3, 0.4) is 0 Å². The molecule has 1 aliphatic heterocycles.